The van der Waals surface area contributed by atoms with Crippen molar-refractivity contribution in [2.45, 2.75) is 0 Å². The molecule has 7 aromatic carbocycles. The lowest BCUT2D eigenvalue weighted by atomic mass is 9.85. The summed E-state index contributed by atoms with van der Waals surface area (Å²) < 4.78 is 111. The van der Waals surface area contributed by atoms with Gasteiger partial charge in [-0.05, 0) is 71.4 Å². The second-order valence-corrected chi connectivity index (χ2v) is 7.97. The summed E-state index contributed by atoms with van der Waals surface area (Å²) in [4.78, 5) is 0. The molecule has 0 amide bonds. The molecule has 0 aliphatic rings. The molecule has 7 aromatic rings. The summed E-state index contributed by atoms with van der Waals surface area (Å²) >= 11 is 0. The molecule has 0 N–H and O–H groups in total. The summed E-state index contributed by atoms with van der Waals surface area (Å²) in [7, 11) is 0. The normalized spacial score (nSPS) is 16.9. The molecule has 0 heterocycles. The van der Waals surface area contributed by atoms with E-state index in [2.05, 4.69) is 0 Å². The largest absolute Gasteiger partial charge is 0.0629 e. The summed E-state index contributed by atoms with van der Waals surface area (Å²) in [5, 5.41) is 2.81. The minimum absolute atomic E-state index is 0.0110. The predicted octanol–water partition coefficient (Wildman–Crippen LogP) is 9.63. The van der Waals surface area contributed by atoms with E-state index in [0.29, 0.717) is 43.4 Å². The summed E-state index contributed by atoms with van der Waals surface area (Å²) in [5.41, 5.74) is 0.799. The molecule has 34 heavy (non-hydrogen) atoms. The Morgan fingerprint density at radius 1 is 0.382 bits per heavy atom. The van der Waals surface area contributed by atoms with Crippen molar-refractivity contribution >= 4 is 43.1 Å². The molecule has 0 unspecified atom stereocenters. The van der Waals surface area contributed by atoms with Gasteiger partial charge in [-0.25, -0.2) is 0 Å². The zero-order valence-electron chi connectivity index (χ0n) is 30.7. The van der Waals surface area contributed by atoms with Crippen LogP contribution in [0, 0.1) is 0 Å². The van der Waals surface area contributed by atoms with Crippen molar-refractivity contribution in [2.75, 3.05) is 0 Å². The Morgan fingerprint density at radius 2 is 0.941 bits per heavy atom. The fraction of sp³-hybridized carbons (Fsp3) is 0. The molecule has 158 valence electrons. The maximum absolute atomic E-state index is 9.10. The van der Waals surface area contributed by atoms with Crippen LogP contribution >= 0.6 is 0 Å². The van der Waals surface area contributed by atoms with Crippen LogP contribution in [-0.2, 0) is 0 Å². The smallest absolute Gasteiger partial charge is 0.0622 e. The van der Waals surface area contributed by atoms with E-state index >= 15 is 0 Å². The first-order valence-corrected chi connectivity index (χ1v) is 10.7. The predicted molar refractivity (Wildman–Crippen MR) is 147 cm³/mol. The molecule has 0 atom stereocenters. The number of benzene rings is 7. The molecule has 0 spiro atoms. The molecule has 7 rings (SSSR count). The fourth-order valence-corrected chi connectivity index (χ4v) is 4.72. The van der Waals surface area contributed by atoms with Gasteiger partial charge in [0.2, 0.25) is 0 Å². The fourth-order valence-electron chi connectivity index (χ4n) is 4.72. The van der Waals surface area contributed by atoms with E-state index in [1.165, 1.54) is 0 Å². The highest BCUT2D eigenvalue weighted by atomic mass is 14.2. The molecule has 0 nitrogen and oxygen atoms in total. The molecule has 0 saturated heterocycles. The van der Waals surface area contributed by atoms with Crippen molar-refractivity contribution in [3.05, 3.63) is 133 Å². The van der Waals surface area contributed by atoms with Crippen molar-refractivity contribution < 1.29 is 17.8 Å². The van der Waals surface area contributed by atoms with Crippen LogP contribution in [-0.4, -0.2) is 0 Å². The first-order chi connectivity index (χ1) is 22.3. The van der Waals surface area contributed by atoms with Gasteiger partial charge in [0.1, 0.15) is 0 Å². The Balaban J connectivity index is 1.74. The Morgan fingerprint density at radius 3 is 1.68 bits per heavy atom. The maximum atomic E-state index is 9.10. The van der Waals surface area contributed by atoms with Crippen LogP contribution in [0.4, 0.5) is 0 Å². The quantitative estimate of drug-likeness (QED) is 0.184. The van der Waals surface area contributed by atoms with Crippen LogP contribution in [0.5, 0.6) is 0 Å². The Kier molecular flexibility index (Phi) is 2.28. The first-order valence-electron chi connectivity index (χ1n) is 17.2. The van der Waals surface area contributed by atoms with Crippen molar-refractivity contribution in [2.24, 2.45) is 0 Å². The van der Waals surface area contributed by atoms with Gasteiger partial charge in [-0.15, -0.1) is 0 Å². The lowest BCUT2D eigenvalue weighted by Gasteiger charge is -2.18. The third-order valence-electron chi connectivity index (χ3n) is 6.16. The Hall–Kier alpha value is -4.42. The van der Waals surface area contributed by atoms with Crippen LogP contribution in [0.2, 0.25) is 0 Å². The van der Waals surface area contributed by atoms with Gasteiger partial charge in [-0.1, -0.05) is 127 Å². The highest BCUT2D eigenvalue weighted by Crippen LogP contribution is 2.44. The van der Waals surface area contributed by atoms with Crippen LogP contribution in [0.25, 0.3) is 65.3 Å². The van der Waals surface area contributed by atoms with Gasteiger partial charge in [0, 0.05) is 0 Å². The molecule has 0 fully saturated rings. The number of hydrogen-bond acceptors (Lipinski definition) is 0. The number of hydrogen-bond donors (Lipinski definition) is 0. The van der Waals surface area contributed by atoms with E-state index in [9.17, 15) is 0 Å². The summed E-state index contributed by atoms with van der Waals surface area (Å²) in [5.74, 6) is 0. The van der Waals surface area contributed by atoms with E-state index < -0.39 is 48.3 Å². The van der Waals surface area contributed by atoms with Crippen molar-refractivity contribution in [1.82, 2.24) is 0 Å². The van der Waals surface area contributed by atoms with E-state index in [1.54, 1.807) is 54.6 Å². The van der Waals surface area contributed by atoms with Gasteiger partial charge in [0.15, 0.2) is 0 Å². The molecule has 0 heteroatoms. The van der Waals surface area contributed by atoms with Gasteiger partial charge in [-0.2, -0.15) is 0 Å². The average Bonchev–Trinajstić information content (AvgIpc) is 3.08. The van der Waals surface area contributed by atoms with E-state index in [1.807, 2.05) is 0 Å². The van der Waals surface area contributed by atoms with Crippen LogP contribution in [0.1, 0.15) is 17.8 Å². The molecule has 0 aliphatic carbocycles. The molecule has 0 aliphatic heterocycles. The number of rotatable bonds is 2. The summed E-state index contributed by atoms with van der Waals surface area (Å²) in [6.45, 7) is 0. The first kappa shape index (κ1) is 10.2. The van der Waals surface area contributed by atoms with E-state index in [-0.39, 0.29) is 52.1 Å². The molecular formula is C34H22. The highest BCUT2D eigenvalue weighted by molar-refractivity contribution is 6.22. The van der Waals surface area contributed by atoms with Crippen LogP contribution in [0.15, 0.2) is 133 Å². The Labute approximate surface area is 217 Å². The minimum atomic E-state index is -0.586. The van der Waals surface area contributed by atoms with Crippen molar-refractivity contribution in [3.8, 4) is 22.3 Å². The second-order valence-electron chi connectivity index (χ2n) is 7.97. The van der Waals surface area contributed by atoms with E-state index in [4.69, 9.17) is 17.8 Å². The lowest BCUT2D eigenvalue weighted by molar-refractivity contribution is 1.66. The molecular weight excluding hydrogens is 408 g/mol. The maximum Gasteiger partial charge on any atom is 0.0629 e. The standard InChI is InChI=1S/C34H22/c1-2-11-25(12-3-1)33-28-14-6-8-16-30(28)34(31-17-9-7-15-29(31)33)26-21-20-24-19-18-23-10-4-5-13-27(23)32(24)22-26/h1-22H/i1D,2D,3D,4D,5D,6D,8D,10D,11D,12D,13D,14D,16D. The van der Waals surface area contributed by atoms with Gasteiger partial charge in [0.05, 0.1) is 17.8 Å². The second kappa shape index (κ2) is 7.57. The third kappa shape index (κ3) is 2.86. The lowest BCUT2D eigenvalue weighted by Crippen LogP contribution is -1.91. The zero-order valence-corrected chi connectivity index (χ0v) is 17.7. The van der Waals surface area contributed by atoms with Gasteiger partial charge >= 0.3 is 0 Å². The molecule has 0 aromatic heterocycles. The van der Waals surface area contributed by atoms with Gasteiger partial charge in [0.25, 0.3) is 0 Å². The molecule has 0 saturated carbocycles. The topological polar surface area (TPSA) is 0 Å². The van der Waals surface area contributed by atoms with Crippen LogP contribution in [0.3, 0.4) is 0 Å². The minimum Gasteiger partial charge on any atom is -0.0622 e. The zero-order chi connectivity index (χ0) is 33.8. The van der Waals surface area contributed by atoms with Gasteiger partial charge in [-0.3, -0.25) is 0 Å². The van der Waals surface area contributed by atoms with Crippen LogP contribution < -0.4 is 0 Å². The Bertz CT molecular complexity index is 2530. The summed E-state index contributed by atoms with van der Waals surface area (Å²) in [6.07, 6.45) is 0. The van der Waals surface area contributed by atoms with Gasteiger partial charge < -0.3 is 0 Å². The molecule has 0 radical (unpaired) electrons. The molecule has 0 bridgehead atoms. The average molecular weight is 444 g/mol. The SMILES string of the molecule is [2H]c1c([2H])c([2H])c(-c2c3ccccc3c(-c3ccc4ccc5c([2H])c([2H])c([2H])c([2H])c5c4c3)c3c([2H])c([2H])c([2H])c([2H])c23)c([2H])c1[2H]. The number of fused-ring (bicyclic) bond motifs is 5. The van der Waals surface area contributed by atoms with Crippen molar-refractivity contribution in [3.63, 3.8) is 0 Å². The highest BCUT2D eigenvalue weighted by Gasteiger charge is 2.16. The van der Waals surface area contributed by atoms with E-state index in [0.717, 1.165) is 0 Å². The summed E-state index contributed by atoms with van der Waals surface area (Å²) in [6, 6.07) is 9.81. The third-order valence-corrected chi connectivity index (χ3v) is 6.16. The van der Waals surface area contributed by atoms with Crippen molar-refractivity contribution in [1.29, 1.82) is 0 Å². The monoisotopic (exact) mass is 443 g/mol.